The number of aryl methyl sites for hydroxylation is 2. The van der Waals surface area contributed by atoms with Crippen molar-refractivity contribution in [3.8, 4) is 6.07 Å². The second kappa shape index (κ2) is 6.55. The van der Waals surface area contributed by atoms with Crippen molar-refractivity contribution in [1.82, 2.24) is 0 Å². The lowest BCUT2D eigenvalue weighted by Gasteiger charge is -2.06. The molecule has 0 atom stereocenters. The first kappa shape index (κ1) is 15.1. The molecule has 0 bridgehead atoms. The molecule has 22 heavy (non-hydrogen) atoms. The molecule has 1 aromatic heterocycles. The van der Waals surface area contributed by atoms with Crippen molar-refractivity contribution in [3.05, 3.63) is 45.8 Å². The zero-order valence-electron chi connectivity index (χ0n) is 12.3. The Labute approximate surface area is 138 Å². The lowest BCUT2D eigenvalue weighted by Crippen LogP contribution is -2.14. The van der Waals surface area contributed by atoms with Crippen molar-refractivity contribution in [2.75, 3.05) is 11.1 Å². The van der Waals surface area contributed by atoms with Crippen LogP contribution in [0.1, 0.15) is 28.0 Å². The maximum Gasteiger partial charge on any atom is 0.235 e. The van der Waals surface area contributed by atoms with Gasteiger partial charge in [0.1, 0.15) is 11.1 Å². The number of thiophene rings is 1. The number of anilines is 1. The van der Waals surface area contributed by atoms with Gasteiger partial charge in [-0.25, -0.2) is 0 Å². The Morgan fingerprint density at radius 1 is 1.41 bits per heavy atom. The van der Waals surface area contributed by atoms with Crippen LogP contribution in [0.2, 0.25) is 0 Å². The Balaban J connectivity index is 1.66. The summed E-state index contributed by atoms with van der Waals surface area (Å²) in [4.78, 5) is 14.5. The van der Waals surface area contributed by atoms with Crippen molar-refractivity contribution in [3.63, 3.8) is 0 Å². The zero-order valence-corrected chi connectivity index (χ0v) is 13.9. The standard InChI is InChI=1S/C17H16N2OS2/c1-11-5-2-3-7-14(11)21-10-16(20)19-17-13(9-18)12-6-4-8-15(12)22-17/h2-3,5,7H,4,6,8,10H2,1H3,(H,19,20). The second-order valence-electron chi connectivity index (χ2n) is 5.28. The first-order chi connectivity index (χ1) is 10.7. The minimum absolute atomic E-state index is 0.0512. The van der Waals surface area contributed by atoms with Gasteiger partial charge in [-0.05, 0) is 43.4 Å². The number of benzene rings is 1. The minimum atomic E-state index is -0.0512. The fourth-order valence-corrected chi connectivity index (χ4v) is 4.72. The van der Waals surface area contributed by atoms with Crippen LogP contribution in [0, 0.1) is 18.3 Å². The Hall–Kier alpha value is -1.77. The highest BCUT2D eigenvalue weighted by Crippen LogP contribution is 2.38. The van der Waals surface area contributed by atoms with Crippen molar-refractivity contribution in [2.24, 2.45) is 0 Å². The molecule has 1 heterocycles. The smallest absolute Gasteiger partial charge is 0.235 e. The van der Waals surface area contributed by atoms with E-state index in [2.05, 4.69) is 11.4 Å². The molecule has 1 aromatic carbocycles. The number of carbonyl (C=O) groups is 1. The molecular weight excluding hydrogens is 312 g/mol. The number of thioether (sulfide) groups is 1. The maximum atomic E-state index is 12.2. The summed E-state index contributed by atoms with van der Waals surface area (Å²) < 4.78 is 0. The van der Waals surface area contributed by atoms with Gasteiger partial charge in [0.05, 0.1) is 11.3 Å². The molecule has 0 spiro atoms. The molecule has 3 nitrogen and oxygen atoms in total. The van der Waals surface area contributed by atoms with Gasteiger partial charge in [0, 0.05) is 9.77 Å². The number of nitrogens with one attached hydrogen (secondary N) is 1. The lowest BCUT2D eigenvalue weighted by atomic mass is 10.1. The third-order valence-corrected chi connectivity index (χ3v) is 6.12. The lowest BCUT2D eigenvalue weighted by molar-refractivity contribution is -0.113. The number of carbonyl (C=O) groups excluding carboxylic acids is 1. The van der Waals surface area contributed by atoms with Crippen LogP contribution in [0.25, 0.3) is 0 Å². The fraction of sp³-hybridized carbons (Fsp3) is 0.294. The molecule has 5 heteroatoms. The van der Waals surface area contributed by atoms with Gasteiger partial charge in [0.2, 0.25) is 5.91 Å². The molecule has 0 fully saturated rings. The van der Waals surface area contributed by atoms with Crippen molar-refractivity contribution >= 4 is 34.0 Å². The maximum absolute atomic E-state index is 12.2. The van der Waals surface area contributed by atoms with E-state index in [1.807, 2.05) is 31.2 Å². The first-order valence-electron chi connectivity index (χ1n) is 7.22. The average molecular weight is 328 g/mol. The molecule has 0 radical (unpaired) electrons. The van der Waals surface area contributed by atoms with E-state index in [-0.39, 0.29) is 5.91 Å². The molecule has 2 aromatic rings. The minimum Gasteiger partial charge on any atom is -0.316 e. The summed E-state index contributed by atoms with van der Waals surface area (Å²) in [7, 11) is 0. The number of nitrogens with zero attached hydrogens (tertiary/aromatic N) is 1. The largest absolute Gasteiger partial charge is 0.316 e. The Morgan fingerprint density at radius 2 is 2.23 bits per heavy atom. The van der Waals surface area contributed by atoms with Crippen LogP contribution >= 0.6 is 23.1 Å². The molecule has 1 aliphatic rings. The highest BCUT2D eigenvalue weighted by Gasteiger charge is 2.23. The third kappa shape index (κ3) is 3.03. The van der Waals surface area contributed by atoms with E-state index in [1.165, 1.54) is 22.2 Å². The summed E-state index contributed by atoms with van der Waals surface area (Å²) in [5.41, 5.74) is 2.99. The number of hydrogen-bond acceptors (Lipinski definition) is 4. The average Bonchev–Trinajstić information content (AvgIpc) is 3.06. The normalized spacial score (nSPS) is 12.7. The molecule has 1 amide bonds. The Kier molecular flexibility index (Phi) is 4.51. The molecule has 0 saturated carbocycles. The van der Waals surface area contributed by atoms with Crippen LogP contribution in [0.3, 0.4) is 0 Å². The van der Waals surface area contributed by atoms with Crippen molar-refractivity contribution in [1.29, 1.82) is 5.26 Å². The molecule has 0 unspecified atom stereocenters. The van der Waals surface area contributed by atoms with Gasteiger partial charge in [-0.1, -0.05) is 18.2 Å². The summed E-state index contributed by atoms with van der Waals surface area (Å²) >= 11 is 3.09. The number of fused-ring (bicyclic) bond motifs is 1. The van der Waals surface area contributed by atoms with Gasteiger partial charge in [-0.2, -0.15) is 5.26 Å². The molecule has 1 N–H and O–H groups in total. The zero-order chi connectivity index (χ0) is 15.5. The van der Waals surface area contributed by atoms with Gasteiger partial charge in [0.25, 0.3) is 0 Å². The van der Waals surface area contributed by atoms with Crippen molar-refractivity contribution < 1.29 is 4.79 Å². The summed E-state index contributed by atoms with van der Waals surface area (Å²) in [6.45, 7) is 2.04. The first-order valence-corrected chi connectivity index (χ1v) is 9.02. The summed E-state index contributed by atoms with van der Waals surface area (Å²) in [6.07, 6.45) is 3.11. The molecule has 1 aliphatic carbocycles. The highest BCUT2D eigenvalue weighted by molar-refractivity contribution is 8.00. The van der Waals surface area contributed by atoms with Crippen LogP contribution < -0.4 is 5.32 Å². The summed E-state index contributed by atoms with van der Waals surface area (Å²) in [6, 6.07) is 10.3. The SMILES string of the molecule is Cc1ccccc1SCC(=O)Nc1sc2c(c1C#N)CCC2. The van der Waals surface area contributed by atoms with Gasteiger partial charge in [0.15, 0.2) is 0 Å². The monoisotopic (exact) mass is 328 g/mol. The topological polar surface area (TPSA) is 52.9 Å². The number of rotatable bonds is 4. The van der Waals surface area contributed by atoms with E-state index in [0.717, 1.165) is 34.7 Å². The predicted molar refractivity (Wildman–Crippen MR) is 91.6 cm³/mol. The summed E-state index contributed by atoms with van der Waals surface area (Å²) in [5, 5.41) is 13.0. The molecule has 0 saturated heterocycles. The van der Waals surface area contributed by atoms with E-state index < -0.39 is 0 Å². The van der Waals surface area contributed by atoms with Gasteiger partial charge in [-0.3, -0.25) is 4.79 Å². The molecular formula is C17H16N2OS2. The van der Waals surface area contributed by atoms with Crippen LogP contribution in [0.4, 0.5) is 5.00 Å². The third-order valence-electron chi connectivity index (χ3n) is 3.74. The number of nitriles is 1. The van der Waals surface area contributed by atoms with Gasteiger partial charge >= 0.3 is 0 Å². The fourth-order valence-electron chi connectivity index (χ4n) is 2.64. The Bertz CT molecular complexity index is 759. The number of amides is 1. The highest BCUT2D eigenvalue weighted by atomic mass is 32.2. The predicted octanol–water partition coefficient (Wildman–Crippen LogP) is 4.15. The number of hydrogen-bond donors (Lipinski definition) is 1. The van der Waals surface area contributed by atoms with Crippen molar-refractivity contribution in [2.45, 2.75) is 31.1 Å². The van der Waals surface area contributed by atoms with Gasteiger partial charge in [-0.15, -0.1) is 23.1 Å². The quantitative estimate of drug-likeness (QED) is 0.858. The molecule has 0 aliphatic heterocycles. The summed E-state index contributed by atoms with van der Waals surface area (Å²) in [5.74, 6) is 0.308. The second-order valence-corrected chi connectivity index (χ2v) is 7.40. The Morgan fingerprint density at radius 3 is 3.00 bits per heavy atom. The molecule has 112 valence electrons. The van der Waals surface area contributed by atoms with E-state index in [1.54, 1.807) is 11.3 Å². The van der Waals surface area contributed by atoms with E-state index >= 15 is 0 Å². The van der Waals surface area contributed by atoms with E-state index in [4.69, 9.17) is 0 Å². The van der Waals surface area contributed by atoms with Gasteiger partial charge < -0.3 is 5.32 Å². The molecule has 3 rings (SSSR count). The van der Waals surface area contributed by atoms with Crippen LogP contribution in [-0.4, -0.2) is 11.7 Å². The van der Waals surface area contributed by atoms with Crippen LogP contribution in [0.5, 0.6) is 0 Å². The van der Waals surface area contributed by atoms with Crippen LogP contribution in [-0.2, 0) is 17.6 Å². The van der Waals surface area contributed by atoms with E-state index in [0.29, 0.717) is 11.3 Å². The van der Waals surface area contributed by atoms with Crippen LogP contribution in [0.15, 0.2) is 29.2 Å². The van der Waals surface area contributed by atoms with E-state index in [9.17, 15) is 10.1 Å².